The van der Waals surface area contributed by atoms with Crippen molar-refractivity contribution in [1.29, 1.82) is 0 Å². The highest BCUT2D eigenvalue weighted by Crippen LogP contribution is 2.15. The van der Waals surface area contributed by atoms with Crippen LogP contribution in [0.5, 0.6) is 0 Å². The maximum Gasteiger partial charge on any atom is 0.306 e. The third-order valence-electron chi connectivity index (χ3n) is 8.73. The highest BCUT2D eigenvalue weighted by molar-refractivity contribution is 5.69. The first-order valence-electron chi connectivity index (χ1n) is 20.1. The number of allylic oxidation sites excluding steroid dienone is 6. The summed E-state index contributed by atoms with van der Waals surface area (Å²) in [5.74, 6) is -0.215. The quantitative estimate of drug-likeness (QED) is 0.0414. The number of carbonyl (C=O) groups is 1. The van der Waals surface area contributed by atoms with Gasteiger partial charge in [0.1, 0.15) is 6.10 Å². The van der Waals surface area contributed by atoms with Gasteiger partial charge in [-0.15, -0.1) is 0 Å². The smallest absolute Gasteiger partial charge is 0.306 e. The number of aliphatic hydroxyl groups is 1. The van der Waals surface area contributed by atoms with Crippen molar-refractivity contribution in [3.63, 3.8) is 0 Å². The van der Waals surface area contributed by atoms with E-state index in [1.54, 1.807) is 0 Å². The Morgan fingerprint density at radius 3 is 1.48 bits per heavy atom. The Balaban J connectivity index is 3.42. The van der Waals surface area contributed by atoms with E-state index in [1.807, 2.05) is 0 Å². The van der Waals surface area contributed by atoms with Crippen LogP contribution in [0, 0.1) is 0 Å². The zero-order valence-electron chi connectivity index (χ0n) is 30.8. The maximum absolute atomic E-state index is 12.2. The molecule has 1 atom stereocenters. The van der Waals surface area contributed by atoms with Crippen LogP contribution < -0.4 is 0 Å². The third-order valence-corrected chi connectivity index (χ3v) is 8.73. The molecule has 0 spiro atoms. The van der Waals surface area contributed by atoms with Gasteiger partial charge in [-0.2, -0.15) is 0 Å². The van der Waals surface area contributed by atoms with Crippen LogP contribution in [0.4, 0.5) is 0 Å². The van der Waals surface area contributed by atoms with Crippen molar-refractivity contribution in [1.82, 2.24) is 0 Å². The van der Waals surface area contributed by atoms with Crippen LogP contribution >= 0.6 is 0 Å². The van der Waals surface area contributed by atoms with Gasteiger partial charge in [0.2, 0.25) is 0 Å². The van der Waals surface area contributed by atoms with E-state index in [-0.39, 0.29) is 12.6 Å². The average Bonchev–Trinajstić information content (AvgIpc) is 3.06. The Bertz CT molecular complexity index is 683. The van der Waals surface area contributed by atoms with E-state index in [2.05, 4.69) is 50.3 Å². The largest absolute Gasteiger partial charge is 0.457 e. The van der Waals surface area contributed by atoms with Gasteiger partial charge in [0, 0.05) is 13.0 Å². The Kier molecular flexibility index (Phi) is 38.6. The van der Waals surface area contributed by atoms with E-state index in [1.165, 1.54) is 128 Å². The van der Waals surface area contributed by atoms with Crippen LogP contribution in [-0.2, 0) is 14.3 Å². The summed E-state index contributed by atoms with van der Waals surface area (Å²) >= 11 is 0. The number of ether oxygens (including phenoxy) is 2. The number of hydrogen-bond acceptors (Lipinski definition) is 4. The Morgan fingerprint density at radius 2 is 0.978 bits per heavy atom. The van der Waals surface area contributed by atoms with E-state index >= 15 is 0 Å². The van der Waals surface area contributed by atoms with Gasteiger partial charge in [-0.3, -0.25) is 4.79 Å². The van der Waals surface area contributed by atoms with Gasteiger partial charge in [-0.05, 0) is 44.9 Å². The van der Waals surface area contributed by atoms with Crippen molar-refractivity contribution in [2.45, 2.75) is 206 Å². The normalized spacial score (nSPS) is 12.7. The molecule has 0 saturated carbocycles. The molecule has 0 aromatic carbocycles. The molecule has 270 valence electrons. The lowest BCUT2D eigenvalue weighted by molar-refractivity contribution is -0.154. The van der Waals surface area contributed by atoms with Crippen molar-refractivity contribution in [2.24, 2.45) is 0 Å². The fraction of sp³-hybridized carbons (Fsp3) is 0.833. The van der Waals surface area contributed by atoms with E-state index in [9.17, 15) is 9.90 Å². The van der Waals surface area contributed by atoms with Gasteiger partial charge in [-0.1, -0.05) is 185 Å². The molecule has 0 aromatic rings. The van der Waals surface area contributed by atoms with Gasteiger partial charge in [-0.25, -0.2) is 0 Å². The number of hydrogen-bond donors (Lipinski definition) is 1. The SMILES string of the molecule is CC/C=C\C/C=C\C/C=C\CCCCCCCC(=O)OC(CO)COCCCCCCCCCCCCCCCCCCCCC. The van der Waals surface area contributed by atoms with Gasteiger partial charge < -0.3 is 14.6 Å². The minimum atomic E-state index is -0.540. The summed E-state index contributed by atoms with van der Waals surface area (Å²) in [5, 5.41) is 9.58. The van der Waals surface area contributed by atoms with E-state index in [4.69, 9.17) is 9.47 Å². The third kappa shape index (κ3) is 37.1. The molecule has 0 bridgehead atoms. The molecule has 0 aromatic heterocycles. The van der Waals surface area contributed by atoms with E-state index in [0.29, 0.717) is 19.6 Å². The first-order valence-corrected chi connectivity index (χ1v) is 20.1. The topological polar surface area (TPSA) is 55.8 Å². The molecule has 0 radical (unpaired) electrons. The van der Waals surface area contributed by atoms with Crippen LogP contribution in [0.2, 0.25) is 0 Å². The predicted octanol–water partition coefficient (Wildman–Crippen LogP) is 12.9. The number of unbranched alkanes of at least 4 members (excludes halogenated alkanes) is 23. The lowest BCUT2D eigenvalue weighted by atomic mass is 10.0. The average molecular weight is 647 g/mol. The molecule has 0 amide bonds. The minimum absolute atomic E-state index is 0.176. The molecule has 46 heavy (non-hydrogen) atoms. The maximum atomic E-state index is 12.2. The number of esters is 1. The van der Waals surface area contributed by atoms with E-state index < -0.39 is 6.10 Å². The van der Waals surface area contributed by atoms with Crippen molar-refractivity contribution < 1.29 is 19.4 Å². The Hall–Kier alpha value is -1.39. The fourth-order valence-corrected chi connectivity index (χ4v) is 5.75. The molecular weight excluding hydrogens is 568 g/mol. The molecule has 0 fully saturated rings. The molecule has 0 rings (SSSR count). The van der Waals surface area contributed by atoms with Gasteiger partial charge >= 0.3 is 5.97 Å². The molecule has 0 aliphatic rings. The molecule has 1 unspecified atom stereocenters. The molecule has 0 saturated heterocycles. The van der Waals surface area contributed by atoms with Crippen LogP contribution in [0.3, 0.4) is 0 Å². The van der Waals surface area contributed by atoms with Gasteiger partial charge in [0.25, 0.3) is 0 Å². The van der Waals surface area contributed by atoms with Crippen LogP contribution in [-0.4, -0.2) is 37.0 Å². The summed E-state index contributed by atoms with van der Waals surface area (Å²) in [7, 11) is 0. The molecule has 0 aliphatic carbocycles. The minimum Gasteiger partial charge on any atom is -0.457 e. The van der Waals surface area contributed by atoms with Gasteiger partial charge in [0.05, 0.1) is 13.2 Å². The lowest BCUT2D eigenvalue weighted by Gasteiger charge is -2.15. The van der Waals surface area contributed by atoms with Crippen LogP contribution in [0.25, 0.3) is 0 Å². The Labute approximate surface area is 287 Å². The van der Waals surface area contributed by atoms with Crippen molar-refractivity contribution in [2.75, 3.05) is 19.8 Å². The van der Waals surface area contributed by atoms with E-state index in [0.717, 1.165) is 51.4 Å². The number of carbonyl (C=O) groups excluding carboxylic acids is 1. The second-order valence-corrected chi connectivity index (χ2v) is 13.3. The predicted molar refractivity (Wildman–Crippen MR) is 200 cm³/mol. The van der Waals surface area contributed by atoms with Crippen LogP contribution in [0.1, 0.15) is 200 Å². The first kappa shape index (κ1) is 44.6. The summed E-state index contributed by atoms with van der Waals surface area (Å²) in [6, 6.07) is 0. The van der Waals surface area contributed by atoms with Crippen LogP contribution in [0.15, 0.2) is 36.5 Å². The van der Waals surface area contributed by atoms with Crippen molar-refractivity contribution >= 4 is 5.97 Å². The Morgan fingerprint density at radius 1 is 0.543 bits per heavy atom. The first-order chi connectivity index (χ1) is 22.7. The zero-order chi connectivity index (χ0) is 33.4. The summed E-state index contributed by atoms with van der Waals surface area (Å²) in [6.07, 6.45) is 49.1. The number of rotatable bonds is 37. The lowest BCUT2D eigenvalue weighted by Crippen LogP contribution is -2.27. The second kappa shape index (κ2) is 39.8. The summed E-state index contributed by atoms with van der Waals surface area (Å²) in [4.78, 5) is 12.2. The molecule has 4 heteroatoms. The standard InChI is InChI=1S/C42H78O4/c1-3-5-7-9-11-13-15-17-19-20-21-22-24-26-28-30-32-34-36-38-45-40-41(39-43)46-42(44)37-35-33-31-29-27-25-23-18-16-14-12-10-8-6-4-2/h6,8,12,14,18,23,41,43H,3-5,7,9-11,13,15-17,19-22,24-40H2,1-2H3/b8-6-,14-12-,23-18-. The number of aliphatic hydroxyl groups excluding tert-OH is 1. The summed E-state index contributed by atoms with van der Waals surface area (Å²) < 4.78 is 11.1. The summed E-state index contributed by atoms with van der Waals surface area (Å²) in [5.41, 5.74) is 0. The zero-order valence-corrected chi connectivity index (χ0v) is 30.8. The highest BCUT2D eigenvalue weighted by atomic mass is 16.6. The molecule has 0 aliphatic heterocycles. The van der Waals surface area contributed by atoms with Gasteiger partial charge in [0.15, 0.2) is 0 Å². The molecule has 0 heterocycles. The van der Waals surface area contributed by atoms with Crippen molar-refractivity contribution in [3.05, 3.63) is 36.5 Å². The van der Waals surface area contributed by atoms with Crippen molar-refractivity contribution in [3.8, 4) is 0 Å². The molecule has 4 nitrogen and oxygen atoms in total. The highest BCUT2D eigenvalue weighted by Gasteiger charge is 2.13. The molecule has 1 N–H and O–H groups in total. The fourth-order valence-electron chi connectivity index (χ4n) is 5.75. The monoisotopic (exact) mass is 647 g/mol. The summed E-state index contributed by atoms with van der Waals surface area (Å²) in [6.45, 7) is 5.24. The second-order valence-electron chi connectivity index (χ2n) is 13.3. The molecular formula is C42H78O4.